The maximum Gasteiger partial charge on any atom is 0.227 e. The van der Waals surface area contributed by atoms with Gasteiger partial charge in [0.2, 0.25) is 5.89 Å². The van der Waals surface area contributed by atoms with Crippen LogP contribution in [0.15, 0.2) is 34.9 Å². The van der Waals surface area contributed by atoms with Crippen molar-refractivity contribution >= 4 is 0 Å². The van der Waals surface area contributed by atoms with Crippen LogP contribution < -0.4 is 10.1 Å². The standard InChI is InChI=1S/C13H17N3O2/c1-11-15-13(18-16-11)7-8-14-9-10-17-12-5-3-2-4-6-12/h2-6,14H,7-10H2,1H3. The van der Waals surface area contributed by atoms with Gasteiger partial charge in [-0.25, -0.2) is 0 Å². The fraction of sp³-hybridized carbons (Fsp3) is 0.385. The van der Waals surface area contributed by atoms with E-state index >= 15 is 0 Å². The van der Waals surface area contributed by atoms with Crippen LogP contribution in [0.3, 0.4) is 0 Å². The van der Waals surface area contributed by atoms with Gasteiger partial charge in [-0.3, -0.25) is 0 Å². The minimum absolute atomic E-state index is 0.646. The number of aryl methyl sites for hydroxylation is 1. The van der Waals surface area contributed by atoms with Gasteiger partial charge >= 0.3 is 0 Å². The number of rotatable bonds is 7. The molecule has 1 aromatic carbocycles. The lowest BCUT2D eigenvalue weighted by Gasteiger charge is -2.06. The van der Waals surface area contributed by atoms with Crippen LogP contribution in [0.25, 0.3) is 0 Å². The summed E-state index contributed by atoms with van der Waals surface area (Å²) in [5.74, 6) is 2.24. The predicted octanol–water partition coefficient (Wildman–Crippen LogP) is 1.59. The largest absolute Gasteiger partial charge is 0.492 e. The van der Waals surface area contributed by atoms with Crippen LogP contribution >= 0.6 is 0 Å². The first kappa shape index (κ1) is 12.6. The molecular weight excluding hydrogens is 230 g/mol. The Labute approximate surface area is 106 Å². The molecule has 0 saturated carbocycles. The van der Waals surface area contributed by atoms with E-state index in [1.165, 1.54) is 0 Å². The van der Waals surface area contributed by atoms with Gasteiger partial charge in [0.15, 0.2) is 5.82 Å². The van der Waals surface area contributed by atoms with E-state index in [4.69, 9.17) is 9.26 Å². The highest BCUT2D eigenvalue weighted by molar-refractivity contribution is 5.20. The molecule has 5 nitrogen and oxygen atoms in total. The summed E-state index contributed by atoms with van der Waals surface area (Å²) in [6, 6.07) is 9.78. The molecule has 0 unspecified atom stereocenters. The van der Waals surface area contributed by atoms with Crippen molar-refractivity contribution in [3.05, 3.63) is 42.0 Å². The van der Waals surface area contributed by atoms with Gasteiger partial charge in [0, 0.05) is 19.5 Å². The Hall–Kier alpha value is -1.88. The second-order valence-electron chi connectivity index (χ2n) is 3.90. The minimum atomic E-state index is 0.646. The normalized spacial score (nSPS) is 10.5. The Morgan fingerprint density at radius 3 is 2.78 bits per heavy atom. The number of hydrogen-bond donors (Lipinski definition) is 1. The summed E-state index contributed by atoms with van der Waals surface area (Å²) in [6.45, 7) is 4.06. The molecule has 0 aliphatic rings. The molecule has 2 aromatic rings. The number of nitrogens with one attached hydrogen (secondary N) is 1. The summed E-state index contributed by atoms with van der Waals surface area (Å²) >= 11 is 0. The zero-order valence-electron chi connectivity index (χ0n) is 10.4. The highest BCUT2D eigenvalue weighted by atomic mass is 16.5. The van der Waals surface area contributed by atoms with Gasteiger partial charge < -0.3 is 14.6 Å². The molecule has 1 heterocycles. The number of nitrogens with zero attached hydrogens (tertiary/aromatic N) is 2. The Morgan fingerprint density at radius 1 is 1.22 bits per heavy atom. The zero-order chi connectivity index (χ0) is 12.6. The lowest BCUT2D eigenvalue weighted by molar-refractivity contribution is 0.312. The molecule has 0 amide bonds. The Balaban J connectivity index is 1.54. The van der Waals surface area contributed by atoms with E-state index < -0.39 is 0 Å². The Bertz CT molecular complexity index is 456. The monoisotopic (exact) mass is 247 g/mol. The third-order valence-corrected chi connectivity index (χ3v) is 2.38. The van der Waals surface area contributed by atoms with Crippen LogP contribution in [0.4, 0.5) is 0 Å². The lowest BCUT2D eigenvalue weighted by Crippen LogP contribution is -2.23. The molecule has 96 valence electrons. The van der Waals surface area contributed by atoms with Gasteiger partial charge in [-0.15, -0.1) is 0 Å². The molecule has 0 atom stereocenters. The van der Waals surface area contributed by atoms with Crippen molar-refractivity contribution in [2.75, 3.05) is 19.7 Å². The van der Waals surface area contributed by atoms with Gasteiger partial charge in [-0.2, -0.15) is 4.98 Å². The molecule has 1 N–H and O–H groups in total. The summed E-state index contributed by atoms with van der Waals surface area (Å²) in [5.41, 5.74) is 0. The van der Waals surface area contributed by atoms with E-state index in [0.717, 1.165) is 25.3 Å². The third-order valence-electron chi connectivity index (χ3n) is 2.38. The number of aromatic nitrogens is 2. The van der Waals surface area contributed by atoms with Crippen molar-refractivity contribution in [3.8, 4) is 5.75 Å². The van der Waals surface area contributed by atoms with Crippen LogP contribution in [0.1, 0.15) is 11.7 Å². The van der Waals surface area contributed by atoms with E-state index in [-0.39, 0.29) is 0 Å². The molecule has 5 heteroatoms. The van der Waals surface area contributed by atoms with Crippen molar-refractivity contribution in [2.45, 2.75) is 13.3 Å². The predicted molar refractivity (Wildman–Crippen MR) is 67.5 cm³/mol. The fourth-order valence-corrected chi connectivity index (χ4v) is 1.52. The first-order valence-corrected chi connectivity index (χ1v) is 6.02. The molecule has 0 fully saturated rings. The van der Waals surface area contributed by atoms with Crippen molar-refractivity contribution in [2.24, 2.45) is 0 Å². The van der Waals surface area contributed by atoms with Crippen LogP contribution in [0, 0.1) is 6.92 Å². The Morgan fingerprint density at radius 2 is 2.06 bits per heavy atom. The van der Waals surface area contributed by atoms with Gasteiger partial charge in [0.1, 0.15) is 12.4 Å². The molecule has 0 saturated heterocycles. The van der Waals surface area contributed by atoms with Crippen LogP contribution in [-0.2, 0) is 6.42 Å². The molecule has 0 radical (unpaired) electrons. The highest BCUT2D eigenvalue weighted by Crippen LogP contribution is 2.07. The van der Waals surface area contributed by atoms with Crippen LogP contribution in [0.2, 0.25) is 0 Å². The van der Waals surface area contributed by atoms with Crippen molar-refractivity contribution in [3.63, 3.8) is 0 Å². The summed E-state index contributed by atoms with van der Waals surface area (Å²) in [4.78, 5) is 4.13. The fourth-order valence-electron chi connectivity index (χ4n) is 1.52. The first-order valence-electron chi connectivity index (χ1n) is 6.02. The molecule has 1 aromatic heterocycles. The summed E-state index contributed by atoms with van der Waals surface area (Å²) in [5, 5.41) is 6.99. The van der Waals surface area contributed by atoms with Crippen molar-refractivity contribution in [1.82, 2.24) is 15.5 Å². The molecule has 0 aliphatic heterocycles. The maximum absolute atomic E-state index is 5.55. The van der Waals surface area contributed by atoms with Crippen LogP contribution in [0.5, 0.6) is 5.75 Å². The molecule has 0 spiro atoms. The van der Waals surface area contributed by atoms with Gasteiger partial charge in [-0.1, -0.05) is 23.4 Å². The summed E-state index contributed by atoms with van der Waals surface area (Å²) < 4.78 is 10.6. The maximum atomic E-state index is 5.55. The number of hydrogen-bond acceptors (Lipinski definition) is 5. The summed E-state index contributed by atoms with van der Waals surface area (Å²) in [7, 11) is 0. The SMILES string of the molecule is Cc1noc(CCNCCOc2ccccc2)n1. The average molecular weight is 247 g/mol. The molecule has 0 bridgehead atoms. The lowest BCUT2D eigenvalue weighted by atomic mass is 10.3. The quantitative estimate of drug-likeness (QED) is 0.753. The topological polar surface area (TPSA) is 60.2 Å². The van der Waals surface area contributed by atoms with Gasteiger partial charge in [0.05, 0.1) is 0 Å². The number of ether oxygens (including phenoxy) is 1. The van der Waals surface area contributed by atoms with Gasteiger partial charge in [-0.05, 0) is 19.1 Å². The zero-order valence-corrected chi connectivity index (χ0v) is 10.4. The van der Waals surface area contributed by atoms with E-state index in [2.05, 4.69) is 15.5 Å². The second-order valence-corrected chi connectivity index (χ2v) is 3.90. The van der Waals surface area contributed by atoms with Crippen molar-refractivity contribution < 1.29 is 9.26 Å². The minimum Gasteiger partial charge on any atom is -0.492 e. The first-order chi connectivity index (χ1) is 8.84. The van der Waals surface area contributed by atoms with Crippen LogP contribution in [-0.4, -0.2) is 29.8 Å². The van der Waals surface area contributed by atoms with E-state index in [0.29, 0.717) is 18.3 Å². The second kappa shape index (κ2) is 6.76. The molecular formula is C13H17N3O2. The number of para-hydroxylation sites is 1. The molecule has 2 rings (SSSR count). The molecule has 18 heavy (non-hydrogen) atoms. The smallest absolute Gasteiger partial charge is 0.227 e. The highest BCUT2D eigenvalue weighted by Gasteiger charge is 2.01. The van der Waals surface area contributed by atoms with Gasteiger partial charge in [0.25, 0.3) is 0 Å². The van der Waals surface area contributed by atoms with E-state index in [1.54, 1.807) is 0 Å². The van der Waals surface area contributed by atoms with E-state index in [1.807, 2.05) is 37.3 Å². The average Bonchev–Trinajstić information content (AvgIpc) is 2.81. The number of benzene rings is 1. The third kappa shape index (κ3) is 4.18. The Kier molecular flexibility index (Phi) is 4.72. The van der Waals surface area contributed by atoms with Crippen molar-refractivity contribution in [1.29, 1.82) is 0 Å². The molecule has 0 aliphatic carbocycles. The summed E-state index contributed by atoms with van der Waals surface area (Å²) in [6.07, 6.45) is 0.742. The van der Waals surface area contributed by atoms with E-state index in [9.17, 15) is 0 Å².